The lowest BCUT2D eigenvalue weighted by atomic mass is 10.3. The quantitative estimate of drug-likeness (QED) is 0.816. The van der Waals surface area contributed by atoms with E-state index in [1.165, 1.54) is 13.3 Å². The fourth-order valence-corrected chi connectivity index (χ4v) is 1.45. The van der Waals surface area contributed by atoms with Gasteiger partial charge in [-0.05, 0) is 19.1 Å². The van der Waals surface area contributed by atoms with Crippen LogP contribution in [0.15, 0.2) is 36.8 Å². The van der Waals surface area contributed by atoms with Gasteiger partial charge in [-0.2, -0.15) is 0 Å². The number of carbonyl (C=O) groups excluding carboxylic acids is 1. The molecule has 0 aliphatic heterocycles. The minimum atomic E-state index is 0.0570. The lowest BCUT2D eigenvalue weighted by molar-refractivity contribution is -0.115. The van der Waals surface area contributed by atoms with Gasteiger partial charge in [0, 0.05) is 12.3 Å². The second-order valence-corrected chi connectivity index (χ2v) is 4.02. The van der Waals surface area contributed by atoms with Crippen LogP contribution >= 0.6 is 0 Å². The van der Waals surface area contributed by atoms with E-state index in [1.807, 2.05) is 18.2 Å². The molecule has 6 heteroatoms. The number of nitrogens with one attached hydrogen (secondary N) is 2. The summed E-state index contributed by atoms with van der Waals surface area (Å²) in [5.41, 5.74) is 0.930. The minimum absolute atomic E-state index is 0.0570. The number of rotatable bonds is 6. The minimum Gasteiger partial charge on any atom is -0.364 e. The van der Waals surface area contributed by atoms with Gasteiger partial charge in [-0.3, -0.25) is 9.78 Å². The van der Waals surface area contributed by atoms with E-state index in [0.717, 1.165) is 5.69 Å². The highest BCUT2D eigenvalue weighted by atomic mass is 16.1. The Bertz CT molecular complexity index is 544. The molecule has 0 saturated heterocycles. The Morgan fingerprint density at radius 1 is 1.16 bits per heavy atom. The van der Waals surface area contributed by atoms with Crippen LogP contribution in [-0.4, -0.2) is 27.3 Å². The topological polar surface area (TPSA) is 79.8 Å². The Kier molecular flexibility index (Phi) is 4.39. The summed E-state index contributed by atoms with van der Waals surface area (Å²) in [6, 6.07) is 7.50. The molecule has 2 heterocycles. The first kappa shape index (κ1) is 12.9. The molecule has 0 aliphatic carbocycles. The van der Waals surface area contributed by atoms with Crippen LogP contribution < -0.4 is 10.6 Å². The second-order valence-electron chi connectivity index (χ2n) is 4.02. The van der Waals surface area contributed by atoms with Crippen LogP contribution in [0.2, 0.25) is 0 Å². The molecule has 98 valence electrons. The molecule has 2 aromatic heterocycles. The monoisotopic (exact) mass is 257 g/mol. The highest BCUT2D eigenvalue weighted by molar-refractivity contribution is 5.80. The summed E-state index contributed by atoms with van der Waals surface area (Å²) < 4.78 is 0. The van der Waals surface area contributed by atoms with E-state index in [1.54, 1.807) is 12.3 Å². The highest BCUT2D eigenvalue weighted by Crippen LogP contribution is 2.09. The van der Waals surface area contributed by atoms with Crippen LogP contribution in [0, 0.1) is 0 Å². The standard InChI is InChI=1S/C13H15N5O/c1-10(19)7-15-12-6-13(18-9-17-12)16-8-11-4-2-3-5-14-11/h2-6,9H,7-8H2,1H3,(H2,15,16,17,18). The molecule has 2 N–H and O–H groups in total. The van der Waals surface area contributed by atoms with Gasteiger partial charge in [-0.25, -0.2) is 9.97 Å². The molecule has 0 bridgehead atoms. The SMILES string of the molecule is CC(=O)CNc1cc(NCc2ccccn2)ncn1. The van der Waals surface area contributed by atoms with Crippen molar-refractivity contribution >= 4 is 17.4 Å². The van der Waals surface area contributed by atoms with Gasteiger partial charge in [0.1, 0.15) is 23.7 Å². The Balaban J connectivity index is 1.93. The van der Waals surface area contributed by atoms with Gasteiger partial charge >= 0.3 is 0 Å². The van der Waals surface area contributed by atoms with E-state index in [0.29, 0.717) is 18.2 Å². The number of aromatic nitrogens is 3. The maximum absolute atomic E-state index is 10.9. The lowest BCUT2D eigenvalue weighted by Gasteiger charge is -2.07. The van der Waals surface area contributed by atoms with E-state index in [4.69, 9.17) is 0 Å². The number of nitrogens with zero attached hydrogens (tertiary/aromatic N) is 3. The van der Waals surface area contributed by atoms with Gasteiger partial charge in [0.2, 0.25) is 0 Å². The maximum Gasteiger partial charge on any atom is 0.148 e. The van der Waals surface area contributed by atoms with Crippen molar-refractivity contribution in [3.05, 3.63) is 42.5 Å². The summed E-state index contributed by atoms with van der Waals surface area (Å²) in [7, 11) is 0. The fourth-order valence-electron chi connectivity index (χ4n) is 1.45. The Hall–Kier alpha value is -2.50. The number of pyridine rings is 1. The summed E-state index contributed by atoms with van der Waals surface area (Å²) >= 11 is 0. The largest absolute Gasteiger partial charge is 0.364 e. The summed E-state index contributed by atoms with van der Waals surface area (Å²) in [6.45, 7) is 2.37. The number of hydrogen-bond acceptors (Lipinski definition) is 6. The third kappa shape index (κ3) is 4.34. The number of anilines is 2. The molecule has 0 atom stereocenters. The van der Waals surface area contributed by atoms with Gasteiger partial charge in [-0.15, -0.1) is 0 Å². The van der Waals surface area contributed by atoms with Gasteiger partial charge < -0.3 is 10.6 Å². The molecule has 0 spiro atoms. The van der Waals surface area contributed by atoms with E-state index >= 15 is 0 Å². The van der Waals surface area contributed by atoms with E-state index < -0.39 is 0 Å². The van der Waals surface area contributed by atoms with E-state index in [-0.39, 0.29) is 12.3 Å². The maximum atomic E-state index is 10.9. The van der Waals surface area contributed by atoms with Crippen molar-refractivity contribution in [1.29, 1.82) is 0 Å². The molecule has 6 nitrogen and oxygen atoms in total. The van der Waals surface area contributed by atoms with Gasteiger partial charge in [-0.1, -0.05) is 6.07 Å². The van der Waals surface area contributed by atoms with Crippen molar-refractivity contribution in [2.24, 2.45) is 0 Å². The molecule has 0 saturated carbocycles. The van der Waals surface area contributed by atoms with Crippen molar-refractivity contribution in [3.8, 4) is 0 Å². The number of ketones is 1. The average Bonchev–Trinajstić information content (AvgIpc) is 2.44. The molecular weight excluding hydrogens is 242 g/mol. The molecule has 0 amide bonds. The van der Waals surface area contributed by atoms with Crippen molar-refractivity contribution in [2.75, 3.05) is 17.2 Å². The number of hydrogen-bond donors (Lipinski definition) is 2. The van der Waals surface area contributed by atoms with Crippen LogP contribution in [0.5, 0.6) is 0 Å². The lowest BCUT2D eigenvalue weighted by Crippen LogP contribution is -2.11. The Morgan fingerprint density at radius 3 is 2.63 bits per heavy atom. The second kappa shape index (κ2) is 6.44. The molecule has 0 aliphatic rings. The normalized spacial score (nSPS) is 9.95. The van der Waals surface area contributed by atoms with Gasteiger partial charge in [0.15, 0.2) is 0 Å². The van der Waals surface area contributed by atoms with Crippen LogP contribution in [0.4, 0.5) is 11.6 Å². The summed E-state index contributed by atoms with van der Waals surface area (Å²) in [5, 5.41) is 6.08. The van der Waals surface area contributed by atoms with Crippen molar-refractivity contribution < 1.29 is 4.79 Å². The summed E-state index contributed by atoms with van der Waals surface area (Å²) in [5.74, 6) is 1.36. The van der Waals surface area contributed by atoms with Gasteiger partial charge in [0.25, 0.3) is 0 Å². The first-order valence-corrected chi connectivity index (χ1v) is 5.93. The fraction of sp³-hybridized carbons (Fsp3) is 0.231. The zero-order chi connectivity index (χ0) is 13.5. The Morgan fingerprint density at radius 2 is 1.95 bits per heavy atom. The predicted octanol–water partition coefficient (Wildman–Crippen LogP) is 1.48. The van der Waals surface area contributed by atoms with Crippen molar-refractivity contribution in [2.45, 2.75) is 13.5 Å². The predicted molar refractivity (Wildman–Crippen MR) is 72.8 cm³/mol. The highest BCUT2D eigenvalue weighted by Gasteiger charge is 2.00. The zero-order valence-electron chi connectivity index (χ0n) is 10.6. The third-order valence-corrected chi connectivity index (χ3v) is 2.36. The first-order chi connectivity index (χ1) is 9.24. The van der Waals surface area contributed by atoms with Crippen LogP contribution in [0.1, 0.15) is 12.6 Å². The molecule has 0 fully saturated rings. The summed E-state index contributed by atoms with van der Waals surface area (Å²) in [6.07, 6.45) is 3.19. The average molecular weight is 257 g/mol. The molecule has 19 heavy (non-hydrogen) atoms. The first-order valence-electron chi connectivity index (χ1n) is 5.93. The van der Waals surface area contributed by atoms with Crippen molar-refractivity contribution in [3.63, 3.8) is 0 Å². The number of Topliss-reactive ketones (excluding diaryl/α,β-unsaturated/α-hetero) is 1. The summed E-state index contributed by atoms with van der Waals surface area (Å²) in [4.78, 5) is 23.2. The molecule has 2 aromatic rings. The van der Waals surface area contributed by atoms with Gasteiger partial charge in [0.05, 0.1) is 18.8 Å². The van der Waals surface area contributed by atoms with E-state index in [9.17, 15) is 4.79 Å². The molecule has 0 radical (unpaired) electrons. The molecular formula is C13H15N5O. The zero-order valence-corrected chi connectivity index (χ0v) is 10.6. The van der Waals surface area contributed by atoms with Crippen LogP contribution in [0.3, 0.4) is 0 Å². The third-order valence-electron chi connectivity index (χ3n) is 2.36. The molecule has 2 rings (SSSR count). The number of carbonyl (C=O) groups is 1. The van der Waals surface area contributed by atoms with Crippen molar-refractivity contribution in [1.82, 2.24) is 15.0 Å². The molecule has 0 aromatic carbocycles. The smallest absolute Gasteiger partial charge is 0.148 e. The van der Waals surface area contributed by atoms with E-state index in [2.05, 4.69) is 25.6 Å². The molecule has 0 unspecified atom stereocenters. The van der Waals surface area contributed by atoms with Crippen LogP contribution in [0.25, 0.3) is 0 Å². The van der Waals surface area contributed by atoms with Crippen LogP contribution in [-0.2, 0) is 11.3 Å². The Labute approximate surface area is 111 Å².